The average molecular weight is 463 g/mol. The van der Waals surface area contributed by atoms with E-state index in [1.807, 2.05) is 30.3 Å². The fourth-order valence-corrected chi connectivity index (χ4v) is 3.43. The third-order valence-corrected chi connectivity index (χ3v) is 5.06. The van der Waals surface area contributed by atoms with Gasteiger partial charge in [0.25, 0.3) is 5.56 Å². The van der Waals surface area contributed by atoms with E-state index in [1.165, 1.54) is 0 Å². The van der Waals surface area contributed by atoms with Gasteiger partial charge >= 0.3 is 11.9 Å². The lowest BCUT2D eigenvalue weighted by Gasteiger charge is -2.21. The van der Waals surface area contributed by atoms with Gasteiger partial charge in [0, 0.05) is 31.2 Å². The third-order valence-electron chi connectivity index (χ3n) is 5.06. The van der Waals surface area contributed by atoms with Crippen molar-refractivity contribution in [1.82, 2.24) is 9.13 Å². The lowest BCUT2D eigenvalue weighted by atomic mass is 10.0. The molecule has 0 radical (unpaired) electrons. The summed E-state index contributed by atoms with van der Waals surface area (Å²) in [6.07, 6.45) is -4.63. The second kappa shape index (κ2) is 8.57. The van der Waals surface area contributed by atoms with Crippen LogP contribution in [0.25, 0.3) is 5.69 Å². The molecule has 0 spiro atoms. The first-order valence-electron chi connectivity index (χ1n) is 9.77. The van der Waals surface area contributed by atoms with Crippen molar-refractivity contribution < 1.29 is 27.1 Å². The Labute approximate surface area is 184 Å². The van der Waals surface area contributed by atoms with Gasteiger partial charge in [0.1, 0.15) is 18.1 Å². The van der Waals surface area contributed by atoms with E-state index >= 15 is 0 Å². The molecule has 0 saturated heterocycles. The molecule has 0 atom stereocenters. The van der Waals surface area contributed by atoms with E-state index in [0.29, 0.717) is 16.7 Å². The molecule has 2 heterocycles. The predicted molar refractivity (Wildman–Crippen MR) is 110 cm³/mol. The number of alkyl halides is 3. The maximum atomic E-state index is 14.8. The maximum absolute atomic E-state index is 14.8. The summed E-state index contributed by atoms with van der Waals surface area (Å²) >= 11 is 0. The number of fused-ring (bicyclic) bond motifs is 1. The Morgan fingerprint density at radius 3 is 2.55 bits per heavy atom. The molecule has 11 heteroatoms. The molecule has 0 bridgehead atoms. The first kappa shape index (κ1) is 22.3. The summed E-state index contributed by atoms with van der Waals surface area (Å²) in [6.45, 7) is 0.370. The van der Waals surface area contributed by atoms with Crippen molar-refractivity contribution in [3.8, 4) is 11.4 Å². The Kier molecular flexibility index (Phi) is 5.79. The molecule has 1 aliphatic heterocycles. The van der Waals surface area contributed by atoms with Crippen molar-refractivity contribution in [2.75, 3.05) is 6.61 Å². The number of benzene rings is 2. The van der Waals surface area contributed by atoms with Gasteiger partial charge in [-0.05, 0) is 11.6 Å². The minimum absolute atomic E-state index is 0.112. The highest BCUT2D eigenvalue weighted by molar-refractivity contribution is 6.03. The van der Waals surface area contributed by atoms with Crippen LogP contribution in [-0.2, 0) is 24.7 Å². The molecule has 0 aliphatic carbocycles. The van der Waals surface area contributed by atoms with Crippen LogP contribution in [-0.4, -0.2) is 21.5 Å². The van der Waals surface area contributed by atoms with Gasteiger partial charge in [-0.15, -0.1) is 0 Å². The quantitative estimate of drug-likeness (QED) is 0.439. The van der Waals surface area contributed by atoms with E-state index in [0.717, 1.165) is 24.7 Å². The average Bonchev–Trinajstić information content (AvgIpc) is 2.77. The van der Waals surface area contributed by atoms with Crippen molar-refractivity contribution >= 4 is 5.71 Å². The van der Waals surface area contributed by atoms with Crippen molar-refractivity contribution in [2.24, 2.45) is 12.2 Å². The summed E-state index contributed by atoms with van der Waals surface area (Å²) in [5.41, 5.74) is -3.11. The van der Waals surface area contributed by atoms with E-state index < -0.39 is 34.6 Å². The van der Waals surface area contributed by atoms with Crippen molar-refractivity contribution in [3.05, 3.63) is 92.0 Å². The summed E-state index contributed by atoms with van der Waals surface area (Å²) in [5.74, 6) is -0.902. The zero-order chi connectivity index (χ0) is 23.8. The van der Waals surface area contributed by atoms with Gasteiger partial charge in [0.2, 0.25) is 0 Å². The van der Waals surface area contributed by atoms with E-state index in [1.54, 1.807) is 0 Å². The predicted octanol–water partition coefficient (Wildman–Crippen LogP) is 3.40. The van der Waals surface area contributed by atoms with E-state index in [9.17, 15) is 27.2 Å². The number of halogens is 4. The monoisotopic (exact) mass is 463 g/mol. The number of ether oxygens (including phenoxy) is 1. The highest BCUT2D eigenvalue weighted by atomic mass is 19.4. The molecule has 4 rings (SSSR count). The normalized spacial score (nSPS) is 14.6. The molecule has 33 heavy (non-hydrogen) atoms. The fraction of sp³-hybridized carbons (Fsp3) is 0.227. The molecule has 0 fully saturated rings. The number of oxime groups is 1. The Morgan fingerprint density at radius 2 is 1.85 bits per heavy atom. The molecular weight excluding hydrogens is 446 g/mol. The van der Waals surface area contributed by atoms with Gasteiger partial charge < -0.3 is 9.57 Å². The maximum Gasteiger partial charge on any atom is 0.431 e. The molecule has 0 N–H and O–H groups in total. The smallest absolute Gasteiger partial charge is 0.431 e. The van der Waals surface area contributed by atoms with Gasteiger partial charge in [-0.3, -0.25) is 9.36 Å². The topological polar surface area (TPSA) is 74.8 Å². The Morgan fingerprint density at radius 1 is 1.12 bits per heavy atom. The number of hydrogen-bond donors (Lipinski definition) is 0. The van der Waals surface area contributed by atoms with Gasteiger partial charge in [0.15, 0.2) is 5.82 Å². The third kappa shape index (κ3) is 4.38. The summed E-state index contributed by atoms with van der Waals surface area (Å²) in [4.78, 5) is 30.3. The van der Waals surface area contributed by atoms with E-state index in [2.05, 4.69) is 5.16 Å². The minimum Gasteiger partial charge on any atom is -0.492 e. The van der Waals surface area contributed by atoms with Crippen LogP contribution in [0.5, 0.6) is 5.75 Å². The molecule has 0 saturated carbocycles. The van der Waals surface area contributed by atoms with Crippen LogP contribution in [0.4, 0.5) is 17.6 Å². The van der Waals surface area contributed by atoms with Crippen molar-refractivity contribution in [2.45, 2.75) is 19.2 Å². The molecule has 0 amide bonds. The summed E-state index contributed by atoms with van der Waals surface area (Å²) in [6, 6.07) is 11.6. The van der Waals surface area contributed by atoms with Crippen LogP contribution in [0, 0.1) is 5.82 Å². The molecule has 7 nitrogen and oxygen atoms in total. The fourth-order valence-electron chi connectivity index (χ4n) is 3.43. The molecule has 1 aliphatic rings. The van der Waals surface area contributed by atoms with Gasteiger partial charge in [-0.1, -0.05) is 35.5 Å². The number of aromatic nitrogens is 2. The number of rotatable bonds is 4. The Hall–Kier alpha value is -3.89. The van der Waals surface area contributed by atoms with Crippen LogP contribution in [0.1, 0.15) is 23.2 Å². The summed E-state index contributed by atoms with van der Waals surface area (Å²) in [5, 5.41) is 4.09. The van der Waals surface area contributed by atoms with E-state index in [-0.39, 0.29) is 35.2 Å². The standard InChI is InChI=1S/C22H17F4N3O4/c1-28-19(22(24,25)26)11-20(30)29(21(28)31)17-9-14-16(7-8-32-18(14)10-15(17)23)27-33-12-13-5-3-2-4-6-13/h2-6,9-11H,7-8,12H2,1H3/b27-16+. The Bertz CT molecular complexity index is 1340. The molecular formula is C22H17F4N3O4. The Balaban J connectivity index is 1.77. The van der Waals surface area contributed by atoms with Crippen LogP contribution in [0.3, 0.4) is 0 Å². The van der Waals surface area contributed by atoms with Crippen LogP contribution in [0.15, 0.2) is 63.3 Å². The van der Waals surface area contributed by atoms with Crippen LogP contribution in [0.2, 0.25) is 0 Å². The summed E-state index contributed by atoms with van der Waals surface area (Å²) in [7, 11) is 0.852. The first-order chi connectivity index (χ1) is 15.7. The SMILES string of the molecule is Cn1c(C(F)(F)F)cc(=O)n(-c2cc3c(cc2F)OCC/C3=N\OCc2ccccc2)c1=O. The largest absolute Gasteiger partial charge is 0.492 e. The first-order valence-corrected chi connectivity index (χ1v) is 9.77. The molecule has 0 unspecified atom stereocenters. The molecule has 1 aromatic heterocycles. The molecule has 2 aromatic carbocycles. The van der Waals surface area contributed by atoms with Crippen LogP contribution < -0.4 is 16.0 Å². The van der Waals surface area contributed by atoms with Gasteiger partial charge in [0.05, 0.1) is 18.0 Å². The molecule has 3 aromatic rings. The lowest BCUT2D eigenvalue weighted by Crippen LogP contribution is -2.41. The number of nitrogens with zero attached hydrogens (tertiary/aromatic N) is 3. The second-order valence-electron chi connectivity index (χ2n) is 7.24. The van der Waals surface area contributed by atoms with Gasteiger partial charge in [-0.2, -0.15) is 13.2 Å². The zero-order valence-electron chi connectivity index (χ0n) is 17.2. The van der Waals surface area contributed by atoms with Crippen LogP contribution >= 0.6 is 0 Å². The van der Waals surface area contributed by atoms with Crippen molar-refractivity contribution in [3.63, 3.8) is 0 Å². The lowest BCUT2D eigenvalue weighted by molar-refractivity contribution is -0.144. The molecule has 172 valence electrons. The highest BCUT2D eigenvalue weighted by Crippen LogP contribution is 2.30. The minimum atomic E-state index is -4.93. The summed E-state index contributed by atoms with van der Waals surface area (Å²) < 4.78 is 60.2. The van der Waals surface area contributed by atoms with E-state index in [4.69, 9.17) is 9.57 Å². The number of hydrogen-bond acceptors (Lipinski definition) is 5. The van der Waals surface area contributed by atoms with Crippen molar-refractivity contribution in [1.29, 1.82) is 0 Å². The second-order valence-corrected chi connectivity index (χ2v) is 7.24. The van der Waals surface area contributed by atoms with Gasteiger partial charge in [-0.25, -0.2) is 13.8 Å². The highest BCUT2D eigenvalue weighted by Gasteiger charge is 2.35. The zero-order valence-corrected chi connectivity index (χ0v) is 17.2.